The maximum Gasteiger partial charge on any atom is 0.412 e. The van der Waals surface area contributed by atoms with Crippen molar-refractivity contribution < 1.29 is 14.3 Å². The van der Waals surface area contributed by atoms with Gasteiger partial charge in [0.15, 0.2) is 0 Å². The Morgan fingerprint density at radius 1 is 0.909 bits per heavy atom. The van der Waals surface area contributed by atoms with E-state index < -0.39 is 6.09 Å². The smallest absolute Gasteiger partial charge is 0.412 e. The summed E-state index contributed by atoms with van der Waals surface area (Å²) in [5.41, 5.74) is 0. The number of hydrogen-bond acceptors (Lipinski definition) is 3. The van der Waals surface area contributed by atoms with Gasteiger partial charge in [-0.05, 0) is 55.0 Å². The summed E-state index contributed by atoms with van der Waals surface area (Å²) in [6.45, 7) is 0.947. The zero-order valence-electron chi connectivity index (χ0n) is 11.7. The number of halogens is 2. The molecule has 0 aliphatic heterocycles. The first kappa shape index (κ1) is 16.5. The van der Waals surface area contributed by atoms with Gasteiger partial charge in [-0.2, -0.15) is 0 Å². The van der Waals surface area contributed by atoms with Crippen molar-refractivity contribution in [3.8, 4) is 11.5 Å². The van der Waals surface area contributed by atoms with Crippen molar-refractivity contribution in [3.63, 3.8) is 0 Å². The first-order valence-corrected chi connectivity index (χ1v) is 7.49. The van der Waals surface area contributed by atoms with Crippen LogP contribution in [0.15, 0.2) is 48.5 Å². The van der Waals surface area contributed by atoms with Gasteiger partial charge in [0.05, 0.1) is 6.61 Å². The minimum atomic E-state index is -0.506. The summed E-state index contributed by atoms with van der Waals surface area (Å²) in [4.78, 5) is 11.5. The molecule has 1 N–H and O–H groups in total. The Morgan fingerprint density at radius 3 is 2.05 bits per heavy atom. The van der Waals surface area contributed by atoms with Gasteiger partial charge in [0.2, 0.25) is 0 Å². The van der Waals surface area contributed by atoms with E-state index in [-0.39, 0.29) is 0 Å². The molecule has 4 nitrogen and oxygen atoms in total. The molecule has 0 heterocycles. The number of nitrogens with one attached hydrogen (secondary N) is 1. The molecule has 0 aliphatic carbocycles. The SMILES string of the molecule is O=C(NCCCOc1ccc(Cl)cc1)Oc1ccc(Cl)cc1. The van der Waals surface area contributed by atoms with Gasteiger partial charge in [-0.25, -0.2) is 4.79 Å². The van der Waals surface area contributed by atoms with Crippen LogP contribution >= 0.6 is 23.2 Å². The predicted molar refractivity (Wildman–Crippen MR) is 87.0 cm³/mol. The highest BCUT2D eigenvalue weighted by molar-refractivity contribution is 6.30. The van der Waals surface area contributed by atoms with Gasteiger partial charge in [-0.3, -0.25) is 0 Å². The van der Waals surface area contributed by atoms with Crippen LogP contribution in [0.3, 0.4) is 0 Å². The molecule has 0 aliphatic rings. The van der Waals surface area contributed by atoms with E-state index in [1.165, 1.54) is 0 Å². The van der Waals surface area contributed by atoms with Crippen LogP contribution in [0.4, 0.5) is 4.79 Å². The third-order valence-electron chi connectivity index (χ3n) is 2.70. The lowest BCUT2D eigenvalue weighted by atomic mass is 10.3. The van der Waals surface area contributed by atoms with E-state index in [1.54, 1.807) is 48.5 Å². The number of rotatable bonds is 6. The van der Waals surface area contributed by atoms with Gasteiger partial charge in [0.1, 0.15) is 11.5 Å². The summed E-state index contributed by atoms with van der Waals surface area (Å²) in [6, 6.07) is 13.7. The number of carbonyl (C=O) groups is 1. The van der Waals surface area contributed by atoms with Crippen LogP contribution in [-0.4, -0.2) is 19.2 Å². The van der Waals surface area contributed by atoms with E-state index in [0.29, 0.717) is 35.4 Å². The largest absolute Gasteiger partial charge is 0.494 e. The average Bonchev–Trinajstić information content (AvgIpc) is 2.51. The van der Waals surface area contributed by atoms with Crippen molar-refractivity contribution in [2.24, 2.45) is 0 Å². The van der Waals surface area contributed by atoms with Gasteiger partial charge < -0.3 is 14.8 Å². The molecular formula is C16H15Cl2NO3. The zero-order valence-corrected chi connectivity index (χ0v) is 13.2. The van der Waals surface area contributed by atoms with Crippen LogP contribution in [0.25, 0.3) is 0 Å². The summed E-state index contributed by atoms with van der Waals surface area (Å²) < 4.78 is 10.6. The summed E-state index contributed by atoms with van der Waals surface area (Å²) in [5, 5.41) is 3.90. The number of amides is 1. The summed E-state index contributed by atoms with van der Waals surface area (Å²) in [7, 11) is 0. The maximum atomic E-state index is 11.5. The first-order chi connectivity index (χ1) is 10.6. The summed E-state index contributed by atoms with van der Waals surface area (Å²) in [6.07, 6.45) is 0.159. The standard InChI is InChI=1S/C16H15Cl2NO3/c17-12-2-6-14(7-3-12)21-11-1-10-19-16(20)22-15-8-4-13(18)5-9-15/h2-9H,1,10-11H2,(H,19,20). The monoisotopic (exact) mass is 339 g/mol. The highest BCUT2D eigenvalue weighted by atomic mass is 35.5. The quantitative estimate of drug-likeness (QED) is 0.785. The normalized spacial score (nSPS) is 10.1. The Morgan fingerprint density at radius 2 is 1.45 bits per heavy atom. The van der Waals surface area contributed by atoms with Crippen LogP contribution in [-0.2, 0) is 0 Å². The van der Waals surface area contributed by atoms with Crippen molar-refractivity contribution in [1.29, 1.82) is 0 Å². The Kier molecular flexibility index (Phi) is 6.37. The second-order valence-corrected chi connectivity index (χ2v) is 5.30. The molecule has 0 fully saturated rings. The number of carbonyl (C=O) groups excluding carboxylic acids is 1. The van der Waals surface area contributed by atoms with E-state index in [4.69, 9.17) is 32.7 Å². The molecule has 1 amide bonds. The van der Waals surface area contributed by atoms with Crippen LogP contribution in [0.5, 0.6) is 11.5 Å². The molecule has 0 saturated carbocycles. The molecule has 0 aromatic heterocycles. The third-order valence-corrected chi connectivity index (χ3v) is 3.20. The molecule has 0 spiro atoms. The first-order valence-electron chi connectivity index (χ1n) is 6.73. The van der Waals surface area contributed by atoms with Crippen LogP contribution in [0.1, 0.15) is 6.42 Å². The molecule has 0 saturated heterocycles. The van der Waals surface area contributed by atoms with Crippen molar-refractivity contribution in [3.05, 3.63) is 58.6 Å². The fourth-order valence-corrected chi connectivity index (χ4v) is 1.88. The molecule has 0 unspecified atom stereocenters. The summed E-state index contributed by atoms with van der Waals surface area (Å²) in [5.74, 6) is 1.19. The van der Waals surface area contributed by atoms with Crippen molar-refractivity contribution >= 4 is 29.3 Å². The molecule has 0 atom stereocenters. The summed E-state index contributed by atoms with van der Waals surface area (Å²) >= 11 is 11.5. The molecule has 116 valence electrons. The van der Waals surface area contributed by atoms with Crippen molar-refractivity contribution in [2.45, 2.75) is 6.42 Å². The minimum absolute atomic E-state index is 0.444. The zero-order chi connectivity index (χ0) is 15.8. The third kappa shape index (κ3) is 5.84. The molecular weight excluding hydrogens is 325 g/mol. The fourth-order valence-electron chi connectivity index (χ4n) is 1.63. The number of benzene rings is 2. The number of ether oxygens (including phenoxy) is 2. The second-order valence-electron chi connectivity index (χ2n) is 4.43. The molecule has 0 bridgehead atoms. The lowest BCUT2D eigenvalue weighted by Gasteiger charge is -2.08. The van der Waals surface area contributed by atoms with E-state index in [0.717, 1.165) is 5.75 Å². The van der Waals surface area contributed by atoms with Crippen LogP contribution in [0, 0.1) is 0 Å². The van der Waals surface area contributed by atoms with Crippen LogP contribution < -0.4 is 14.8 Å². The highest BCUT2D eigenvalue weighted by Gasteiger charge is 2.03. The fraction of sp³-hybridized carbons (Fsp3) is 0.188. The van der Waals surface area contributed by atoms with Gasteiger partial charge in [0.25, 0.3) is 0 Å². The van der Waals surface area contributed by atoms with Gasteiger partial charge >= 0.3 is 6.09 Å². The van der Waals surface area contributed by atoms with Crippen molar-refractivity contribution in [2.75, 3.05) is 13.2 Å². The number of hydrogen-bond donors (Lipinski definition) is 1. The second kappa shape index (κ2) is 8.51. The van der Waals surface area contributed by atoms with Gasteiger partial charge in [0, 0.05) is 16.6 Å². The van der Waals surface area contributed by atoms with Gasteiger partial charge in [-0.15, -0.1) is 0 Å². The molecule has 2 rings (SSSR count). The van der Waals surface area contributed by atoms with E-state index in [1.807, 2.05) is 0 Å². The van der Waals surface area contributed by atoms with E-state index >= 15 is 0 Å². The lowest BCUT2D eigenvalue weighted by molar-refractivity contribution is 0.199. The molecule has 0 radical (unpaired) electrons. The molecule has 2 aromatic rings. The minimum Gasteiger partial charge on any atom is -0.494 e. The average molecular weight is 340 g/mol. The predicted octanol–water partition coefficient (Wildman–Crippen LogP) is 4.55. The molecule has 22 heavy (non-hydrogen) atoms. The van der Waals surface area contributed by atoms with Gasteiger partial charge in [-0.1, -0.05) is 23.2 Å². The van der Waals surface area contributed by atoms with E-state index in [2.05, 4.69) is 5.32 Å². The topological polar surface area (TPSA) is 47.6 Å². The van der Waals surface area contributed by atoms with Crippen LogP contribution in [0.2, 0.25) is 10.0 Å². The highest BCUT2D eigenvalue weighted by Crippen LogP contribution is 2.16. The Bertz CT molecular complexity index is 600. The maximum absolute atomic E-state index is 11.5. The lowest BCUT2D eigenvalue weighted by Crippen LogP contribution is -2.28. The Hall–Kier alpha value is -1.91. The molecule has 2 aromatic carbocycles. The Balaban J connectivity index is 1.61. The van der Waals surface area contributed by atoms with E-state index in [9.17, 15) is 4.79 Å². The molecule has 6 heteroatoms. The Labute approximate surface area is 138 Å². The van der Waals surface area contributed by atoms with Crippen molar-refractivity contribution in [1.82, 2.24) is 5.32 Å².